The Morgan fingerprint density at radius 2 is 1.79 bits per heavy atom. The van der Waals surface area contributed by atoms with Crippen molar-refractivity contribution in [3.8, 4) is 5.75 Å². The van der Waals surface area contributed by atoms with E-state index in [1.165, 1.54) is 6.07 Å². The number of nitrogens with zero attached hydrogens (tertiary/aromatic N) is 2. The lowest BCUT2D eigenvalue weighted by Crippen LogP contribution is -2.35. The number of hydrogen-bond donors (Lipinski definition) is 3. The molecule has 9 nitrogen and oxygen atoms in total. The molecule has 2 aromatic rings. The summed E-state index contributed by atoms with van der Waals surface area (Å²) in [5.74, 6) is -2.55. The van der Waals surface area contributed by atoms with E-state index in [1.54, 1.807) is 47.6 Å². The summed E-state index contributed by atoms with van der Waals surface area (Å²) in [6.45, 7) is 2.22. The maximum atomic E-state index is 12.7. The Balaban J connectivity index is 0.000000406. The van der Waals surface area contributed by atoms with Crippen molar-refractivity contribution in [2.45, 2.75) is 12.3 Å². The Hall–Kier alpha value is -3.67. The minimum Gasteiger partial charge on any atom is -0.508 e. The van der Waals surface area contributed by atoms with Crippen molar-refractivity contribution in [1.29, 1.82) is 0 Å². The van der Waals surface area contributed by atoms with Crippen LogP contribution in [0.1, 0.15) is 20.7 Å². The average molecular weight is 481 g/mol. The molecule has 3 heterocycles. The number of carboxylic acid groups (broad SMARTS) is 1. The number of nitrogens with one attached hydrogen (secondary N) is 1. The van der Waals surface area contributed by atoms with Crippen LogP contribution in [0.5, 0.6) is 5.75 Å². The first kappa shape index (κ1) is 25.0. The minimum atomic E-state index is -5.08. The fourth-order valence-electron chi connectivity index (χ4n) is 3.83. The Morgan fingerprint density at radius 3 is 2.41 bits per heavy atom. The summed E-state index contributed by atoms with van der Waals surface area (Å²) >= 11 is 0. The van der Waals surface area contributed by atoms with E-state index in [0.29, 0.717) is 37.4 Å². The smallest absolute Gasteiger partial charge is 0.490 e. The van der Waals surface area contributed by atoms with Crippen LogP contribution in [0.15, 0.2) is 48.8 Å². The van der Waals surface area contributed by atoms with Gasteiger partial charge >= 0.3 is 12.1 Å². The summed E-state index contributed by atoms with van der Waals surface area (Å²) in [6, 6.07) is 9.73. The number of aromatic nitrogens is 1. The van der Waals surface area contributed by atoms with Gasteiger partial charge in [-0.3, -0.25) is 14.6 Å². The second-order valence-electron chi connectivity index (χ2n) is 7.81. The molecule has 34 heavy (non-hydrogen) atoms. The molecule has 2 aliphatic rings. The number of ether oxygens (including phenoxy) is 1. The summed E-state index contributed by atoms with van der Waals surface area (Å²) in [6.07, 6.45) is -1.91. The van der Waals surface area contributed by atoms with Crippen molar-refractivity contribution < 1.29 is 42.5 Å². The van der Waals surface area contributed by atoms with Gasteiger partial charge in [-0.05, 0) is 30.3 Å². The van der Waals surface area contributed by atoms with Gasteiger partial charge in [0.05, 0.1) is 12.7 Å². The van der Waals surface area contributed by atoms with Crippen molar-refractivity contribution in [1.82, 2.24) is 15.2 Å². The number of hydrogen-bond acceptors (Lipinski definition) is 6. The molecule has 0 radical (unpaired) electrons. The number of pyridine rings is 1. The maximum absolute atomic E-state index is 12.7. The van der Waals surface area contributed by atoms with Gasteiger partial charge in [0.25, 0.3) is 11.8 Å². The number of aromatic hydroxyl groups is 1. The van der Waals surface area contributed by atoms with E-state index < -0.39 is 12.1 Å². The van der Waals surface area contributed by atoms with Crippen LogP contribution in [-0.2, 0) is 9.53 Å². The SMILES string of the molecule is O=C(NC[C@H]1CO[C@@H]2CN(C(=O)c3cccc(O)c3)C[C@H]12)c1ccncc1.O=C(O)C(F)(F)F. The van der Waals surface area contributed by atoms with E-state index >= 15 is 0 Å². The first-order chi connectivity index (χ1) is 16.1. The number of amides is 2. The molecule has 2 aliphatic heterocycles. The number of likely N-dealkylation sites (tertiary alicyclic amines) is 1. The number of phenolic OH excluding ortho intramolecular Hbond substituents is 1. The van der Waals surface area contributed by atoms with Crippen molar-refractivity contribution in [3.63, 3.8) is 0 Å². The molecule has 2 fully saturated rings. The summed E-state index contributed by atoms with van der Waals surface area (Å²) in [4.78, 5) is 39.5. The number of halogens is 3. The van der Waals surface area contributed by atoms with Crippen LogP contribution in [0.3, 0.4) is 0 Å². The number of carbonyl (C=O) groups excluding carboxylic acids is 2. The molecule has 0 spiro atoms. The number of alkyl halides is 3. The molecule has 1 aromatic heterocycles. The lowest BCUT2D eigenvalue weighted by Gasteiger charge is -2.20. The monoisotopic (exact) mass is 481 g/mol. The molecular weight excluding hydrogens is 459 g/mol. The van der Waals surface area contributed by atoms with Crippen LogP contribution in [0, 0.1) is 11.8 Å². The standard InChI is InChI=1S/C20H21N3O4.C2HF3O2/c24-16-3-1-2-14(8-16)20(26)23-10-17-15(12-27-18(17)11-23)9-22-19(25)13-4-6-21-7-5-13;3-2(4,5)1(6)7/h1-8,15,17-18,24H,9-12H2,(H,22,25);(H,6,7)/t15-,17+,18+;/m0./s1. The van der Waals surface area contributed by atoms with E-state index in [0.717, 1.165) is 0 Å². The quantitative estimate of drug-likeness (QED) is 0.609. The highest BCUT2D eigenvalue weighted by molar-refractivity contribution is 5.95. The highest BCUT2D eigenvalue weighted by Crippen LogP contribution is 2.34. The van der Waals surface area contributed by atoms with E-state index in [4.69, 9.17) is 14.6 Å². The predicted octanol–water partition coefficient (Wildman–Crippen LogP) is 1.94. The first-order valence-electron chi connectivity index (χ1n) is 10.2. The van der Waals surface area contributed by atoms with Gasteiger partial charge < -0.3 is 25.2 Å². The fraction of sp³-hybridized carbons (Fsp3) is 0.364. The molecule has 12 heteroatoms. The van der Waals surface area contributed by atoms with Gasteiger partial charge in [0.1, 0.15) is 5.75 Å². The van der Waals surface area contributed by atoms with Crippen LogP contribution in [-0.4, -0.2) is 76.4 Å². The molecule has 0 saturated carbocycles. The Labute approximate surface area is 192 Å². The largest absolute Gasteiger partial charge is 0.508 e. The van der Waals surface area contributed by atoms with Gasteiger partial charge in [0, 0.05) is 55.0 Å². The Morgan fingerprint density at radius 1 is 1.12 bits per heavy atom. The van der Waals surface area contributed by atoms with Crippen LogP contribution in [0.2, 0.25) is 0 Å². The third-order valence-electron chi connectivity index (χ3n) is 5.53. The van der Waals surface area contributed by atoms with Gasteiger partial charge in [-0.2, -0.15) is 13.2 Å². The molecular formula is C22H22F3N3O6. The zero-order chi connectivity index (χ0) is 24.9. The summed E-state index contributed by atoms with van der Waals surface area (Å²) < 4.78 is 37.6. The third kappa shape index (κ3) is 6.22. The molecule has 2 saturated heterocycles. The molecule has 0 bridgehead atoms. The van der Waals surface area contributed by atoms with E-state index in [9.17, 15) is 27.9 Å². The number of carbonyl (C=O) groups is 3. The first-order valence-corrected chi connectivity index (χ1v) is 10.2. The van der Waals surface area contributed by atoms with Crippen LogP contribution in [0.4, 0.5) is 13.2 Å². The third-order valence-corrected chi connectivity index (χ3v) is 5.53. The second kappa shape index (κ2) is 10.5. The van der Waals surface area contributed by atoms with Crippen LogP contribution < -0.4 is 5.32 Å². The van der Waals surface area contributed by atoms with E-state index in [2.05, 4.69) is 10.3 Å². The second-order valence-corrected chi connectivity index (χ2v) is 7.81. The van der Waals surface area contributed by atoms with Crippen LogP contribution in [0.25, 0.3) is 0 Å². The van der Waals surface area contributed by atoms with E-state index in [-0.39, 0.29) is 35.5 Å². The summed E-state index contributed by atoms with van der Waals surface area (Å²) in [5.41, 5.74) is 1.05. The molecule has 0 aliphatic carbocycles. The Kier molecular flexibility index (Phi) is 7.72. The highest BCUT2D eigenvalue weighted by Gasteiger charge is 2.45. The zero-order valence-corrected chi connectivity index (χ0v) is 17.7. The zero-order valence-electron chi connectivity index (χ0n) is 17.7. The van der Waals surface area contributed by atoms with E-state index in [1.807, 2.05) is 0 Å². The molecule has 3 N–H and O–H groups in total. The fourth-order valence-corrected chi connectivity index (χ4v) is 3.83. The number of benzene rings is 1. The van der Waals surface area contributed by atoms with Gasteiger partial charge in [-0.1, -0.05) is 6.07 Å². The molecule has 4 rings (SSSR count). The number of fused-ring (bicyclic) bond motifs is 1. The van der Waals surface area contributed by atoms with Crippen LogP contribution >= 0.6 is 0 Å². The molecule has 3 atom stereocenters. The molecule has 2 amide bonds. The molecule has 0 unspecified atom stereocenters. The summed E-state index contributed by atoms with van der Waals surface area (Å²) in [5, 5.41) is 19.7. The maximum Gasteiger partial charge on any atom is 0.490 e. The lowest BCUT2D eigenvalue weighted by molar-refractivity contribution is -0.192. The number of carboxylic acids is 1. The van der Waals surface area contributed by atoms with Gasteiger partial charge in [-0.15, -0.1) is 0 Å². The van der Waals surface area contributed by atoms with Crippen molar-refractivity contribution in [2.75, 3.05) is 26.2 Å². The minimum absolute atomic E-state index is 0.00548. The summed E-state index contributed by atoms with van der Waals surface area (Å²) in [7, 11) is 0. The Bertz CT molecular complexity index is 1030. The van der Waals surface area contributed by atoms with Crippen molar-refractivity contribution in [2.24, 2.45) is 11.8 Å². The number of phenols is 1. The number of rotatable bonds is 4. The topological polar surface area (TPSA) is 129 Å². The molecule has 182 valence electrons. The van der Waals surface area contributed by atoms with Crippen molar-refractivity contribution in [3.05, 3.63) is 59.9 Å². The van der Waals surface area contributed by atoms with Gasteiger partial charge in [0.15, 0.2) is 0 Å². The van der Waals surface area contributed by atoms with Gasteiger partial charge in [-0.25, -0.2) is 4.79 Å². The predicted molar refractivity (Wildman–Crippen MR) is 111 cm³/mol. The lowest BCUT2D eigenvalue weighted by atomic mass is 9.93. The highest BCUT2D eigenvalue weighted by atomic mass is 19.4. The number of aliphatic carboxylic acids is 1. The average Bonchev–Trinajstić information content (AvgIpc) is 3.38. The van der Waals surface area contributed by atoms with Gasteiger partial charge in [0.2, 0.25) is 0 Å². The van der Waals surface area contributed by atoms with Crippen molar-refractivity contribution >= 4 is 17.8 Å². The normalized spacial score (nSPS) is 21.3. The molecule has 1 aromatic carbocycles.